The second-order valence-corrected chi connectivity index (χ2v) is 8.42. The summed E-state index contributed by atoms with van der Waals surface area (Å²) in [4.78, 5) is 32.5. The van der Waals surface area contributed by atoms with E-state index in [1.54, 1.807) is 22.6 Å². The molecule has 4 rings (SSSR count). The summed E-state index contributed by atoms with van der Waals surface area (Å²) in [6.07, 6.45) is 0. The SMILES string of the molecule is Cc1cc(C)cc(-n2c(SCC(=O)N(C)c3ccccc3)nc3ccccc3c2=O)c1. The molecule has 4 aromatic rings. The zero-order chi connectivity index (χ0) is 22.0. The maximum Gasteiger partial charge on any atom is 0.266 e. The number of para-hydroxylation sites is 2. The summed E-state index contributed by atoms with van der Waals surface area (Å²) >= 11 is 1.27. The van der Waals surface area contributed by atoms with Gasteiger partial charge in [-0.1, -0.05) is 48.2 Å². The van der Waals surface area contributed by atoms with Gasteiger partial charge in [-0.2, -0.15) is 0 Å². The fraction of sp³-hybridized carbons (Fsp3) is 0.160. The summed E-state index contributed by atoms with van der Waals surface area (Å²) in [5.41, 5.74) is 4.19. The van der Waals surface area contributed by atoms with E-state index < -0.39 is 0 Å². The van der Waals surface area contributed by atoms with Gasteiger partial charge in [0.25, 0.3) is 5.56 Å². The Morgan fingerprint density at radius 3 is 2.32 bits per heavy atom. The maximum absolute atomic E-state index is 13.4. The molecule has 0 aliphatic carbocycles. The molecule has 0 aliphatic heterocycles. The van der Waals surface area contributed by atoms with Gasteiger partial charge in [-0.3, -0.25) is 14.2 Å². The molecular formula is C25H23N3O2S. The molecule has 0 saturated carbocycles. The van der Waals surface area contributed by atoms with E-state index in [1.165, 1.54) is 11.8 Å². The summed E-state index contributed by atoms with van der Waals surface area (Å²) in [6.45, 7) is 4.00. The minimum Gasteiger partial charge on any atom is -0.315 e. The van der Waals surface area contributed by atoms with Gasteiger partial charge in [-0.05, 0) is 61.4 Å². The third-order valence-corrected chi connectivity index (χ3v) is 5.98. The van der Waals surface area contributed by atoms with Crippen LogP contribution in [0.5, 0.6) is 0 Å². The summed E-state index contributed by atoms with van der Waals surface area (Å²) in [5, 5.41) is 1.06. The van der Waals surface area contributed by atoms with Gasteiger partial charge in [-0.15, -0.1) is 0 Å². The van der Waals surface area contributed by atoms with E-state index in [-0.39, 0.29) is 17.2 Å². The van der Waals surface area contributed by atoms with E-state index in [1.807, 2.05) is 74.5 Å². The van der Waals surface area contributed by atoms with Crippen molar-refractivity contribution in [3.63, 3.8) is 0 Å². The standard InChI is InChI=1S/C25H23N3O2S/c1-17-13-18(2)15-20(14-17)28-24(30)21-11-7-8-12-22(21)26-25(28)31-16-23(29)27(3)19-9-5-4-6-10-19/h4-15H,16H2,1-3H3. The van der Waals surface area contributed by atoms with Crippen LogP contribution in [0.2, 0.25) is 0 Å². The zero-order valence-electron chi connectivity index (χ0n) is 17.7. The lowest BCUT2D eigenvalue weighted by Gasteiger charge is -2.18. The number of thioether (sulfide) groups is 1. The molecule has 0 atom stereocenters. The normalized spacial score (nSPS) is 10.9. The first kappa shape index (κ1) is 20.9. The Morgan fingerprint density at radius 1 is 0.968 bits per heavy atom. The summed E-state index contributed by atoms with van der Waals surface area (Å²) in [6, 6.07) is 22.8. The molecule has 0 radical (unpaired) electrons. The molecule has 1 aromatic heterocycles. The highest BCUT2D eigenvalue weighted by Gasteiger charge is 2.17. The number of benzene rings is 3. The number of hydrogen-bond donors (Lipinski definition) is 0. The zero-order valence-corrected chi connectivity index (χ0v) is 18.5. The lowest BCUT2D eigenvalue weighted by molar-refractivity contribution is -0.115. The fourth-order valence-corrected chi connectivity index (χ4v) is 4.46. The van der Waals surface area contributed by atoms with Gasteiger partial charge in [0.05, 0.1) is 22.3 Å². The van der Waals surface area contributed by atoms with Crippen LogP contribution in [0.25, 0.3) is 16.6 Å². The first-order chi connectivity index (χ1) is 14.9. The highest BCUT2D eigenvalue weighted by atomic mass is 32.2. The molecule has 0 bridgehead atoms. The molecule has 5 nitrogen and oxygen atoms in total. The Kier molecular flexibility index (Phi) is 5.91. The fourth-order valence-electron chi connectivity index (χ4n) is 3.54. The van der Waals surface area contributed by atoms with Crippen molar-refractivity contribution < 1.29 is 4.79 Å². The van der Waals surface area contributed by atoms with Gasteiger partial charge in [0.15, 0.2) is 5.16 Å². The van der Waals surface area contributed by atoms with Crippen LogP contribution in [0, 0.1) is 13.8 Å². The maximum atomic E-state index is 13.4. The number of nitrogens with zero attached hydrogens (tertiary/aromatic N) is 3. The lowest BCUT2D eigenvalue weighted by atomic mass is 10.1. The third-order valence-electron chi connectivity index (χ3n) is 5.05. The van der Waals surface area contributed by atoms with Crippen molar-refractivity contribution in [2.24, 2.45) is 0 Å². The smallest absolute Gasteiger partial charge is 0.266 e. The van der Waals surface area contributed by atoms with Crippen LogP contribution in [0.15, 0.2) is 82.7 Å². The highest BCUT2D eigenvalue weighted by molar-refractivity contribution is 7.99. The number of carbonyl (C=O) groups is 1. The first-order valence-electron chi connectivity index (χ1n) is 9.99. The average molecular weight is 430 g/mol. The number of rotatable bonds is 5. The molecule has 0 fully saturated rings. The van der Waals surface area contributed by atoms with Crippen LogP contribution in [-0.2, 0) is 4.79 Å². The van der Waals surface area contributed by atoms with Gasteiger partial charge in [0.1, 0.15) is 0 Å². The third kappa shape index (κ3) is 4.39. The van der Waals surface area contributed by atoms with E-state index in [0.717, 1.165) is 22.5 Å². The minimum absolute atomic E-state index is 0.0643. The Balaban J connectivity index is 1.74. The number of anilines is 1. The van der Waals surface area contributed by atoms with Gasteiger partial charge in [0, 0.05) is 12.7 Å². The molecule has 0 spiro atoms. The predicted octanol–water partition coefficient (Wildman–Crippen LogP) is 4.76. The predicted molar refractivity (Wildman–Crippen MR) is 127 cm³/mol. The van der Waals surface area contributed by atoms with Crippen LogP contribution in [-0.4, -0.2) is 28.3 Å². The molecular weight excluding hydrogens is 406 g/mol. The molecule has 3 aromatic carbocycles. The van der Waals surface area contributed by atoms with Crippen molar-refractivity contribution in [1.82, 2.24) is 9.55 Å². The number of carbonyl (C=O) groups excluding carboxylic acids is 1. The monoisotopic (exact) mass is 429 g/mol. The van der Waals surface area contributed by atoms with Crippen LogP contribution in [0.4, 0.5) is 5.69 Å². The molecule has 0 unspecified atom stereocenters. The number of aryl methyl sites for hydroxylation is 2. The summed E-state index contributed by atoms with van der Waals surface area (Å²) in [5.74, 6) is 0.103. The van der Waals surface area contributed by atoms with Gasteiger partial charge in [-0.25, -0.2) is 4.98 Å². The van der Waals surface area contributed by atoms with E-state index in [4.69, 9.17) is 4.98 Å². The van der Waals surface area contributed by atoms with Crippen molar-refractivity contribution in [1.29, 1.82) is 0 Å². The number of amides is 1. The molecule has 1 heterocycles. The van der Waals surface area contributed by atoms with Gasteiger partial charge < -0.3 is 4.90 Å². The van der Waals surface area contributed by atoms with Gasteiger partial charge in [0.2, 0.25) is 5.91 Å². The Bertz CT molecular complexity index is 1300. The van der Waals surface area contributed by atoms with E-state index in [2.05, 4.69) is 6.07 Å². The Hall–Kier alpha value is -3.38. The largest absolute Gasteiger partial charge is 0.315 e. The second-order valence-electron chi connectivity index (χ2n) is 7.47. The molecule has 0 N–H and O–H groups in total. The molecule has 31 heavy (non-hydrogen) atoms. The Morgan fingerprint density at radius 2 is 1.61 bits per heavy atom. The molecule has 0 aliphatic rings. The molecule has 0 saturated heterocycles. The van der Waals surface area contributed by atoms with Crippen LogP contribution in [0.1, 0.15) is 11.1 Å². The summed E-state index contributed by atoms with van der Waals surface area (Å²) < 4.78 is 1.61. The average Bonchev–Trinajstić information content (AvgIpc) is 2.77. The number of aromatic nitrogens is 2. The number of fused-ring (bicyclic) bond motifs is 1. The highest BCUT2D eigenvalue weighted by Crippen LogP contribution is 2.24. The molecule has 1 amide bonds. The van der Waals surface area contributed by atoms with E-state index in [0.29, 0.717) is 16.1 Å². The number of hydrogen-bond acceptors (Lipinski definition) is 4. The second kappa shape index (κ2) is 8.78. The van der Waals surface area contributed by atoms with Crippen LogP contribution >= 0.6 is 11.8 Å². The van der Waals surface area contributed by atoms with Crippen LogP contribution < -0.4 is 10.5 Å². The Labute approximate surface area is 185 Å². The van der Waals surface area contributed by atoms with Crippen molar-refractivity contribution in [3.05, 3.63) is 94.3 Å². The van der Waals surface area contributed by atoms with Crippen molar-refractivity contribution >= 4 is 34.3 Å². The van der Waals surface area contributed by atoms with Crippen molar-refractivity contribution in [2.45, 2.75) is 19.0 Å². The molecule has 156 valence electrons. The topological polar surface area (TPSA) is 55.2 Å². The van der Waals surface area contributed by atoms with Crippen molar-refractivity contribution in [3.8, 4) is 5.69 Å². The first-order valence-corrected chi connectivity index (χ1v) is 11.0. The lowest BCUT2D eigenvalue weighted by Crippen LogP contribution is -2.28. The minimum atomic E-state index is -0.137. The molecule has 6 heteroatoms. The van der Waals surface area contributed by atoms with E-state index in [9.17, 15) is 9.59 Å². The van der Waals surface area contributed by atoms with Crippen LogP contribution in [0.3, 0.4) is 0 Å². The van der Waals surface area contributed by atoms with Crippen molar-refractivity contribution in [2.75, 3.05) is 17.7 Å². The van der Waals surface area contributed by atoms with E-state index >= 15 is 0 Å². The summed E-state index contributed by atoms with van der Waals surface area (Å²) in [7, 11) is 1.75. The van der Waals surface area contributed by atoms with Gasteiger partial charge >= 0.3 is 0 Å². The quantitative estimate of drug-likeness (QED) is 0.339.